The average molecular weight is 318 g/mol. The monoisotopic (exact) mass is 317 g/mol. The second-order valence-electron chi connectivity index (χ2n) is 4.76. The Morgan fingerprint density at radius 1 is 1.61 bits per heavy atom. The molecule has 1 aromatic rings. The smallest absolute Gasteiger partial charge is 0.106 e. The summed E-state index contributed by atoms with van der Waals surface area (Å²) in [5.41, 5.74) is 2.00. The highest BCUT2D eigenvalue weighted by molar-refractivity contribution is 9.10. The van der Waals surface area contributed by atoms with Gasteiger partial charge in [0.05, 0.1) is 22.5 Å². The number of nitrogens with one attached hydrogen (secondary N) is 1. The van der Waals surface area contributed by atoms with Gasteiger partial charge < -0.3 is 14.8 Å². The first-order valence-electron chi connectivity index (χ1n) is 6.09. The van der Waals surface area contributed by atoms with Crippen molar-refractivity contribution in [1.82, 2.24) is 15.1 Å². The van der Waals surface area contributed by atoms with Crippen LogP contribution in [-0.2, 0) is 23.1 Å². The van der Waals surface area contributed by atoms with Gasteiger partial charge in [0.2, 0.25) is 0 Å². The topological polar surface area (TPSA) is 48.3 Å². The minimum Gasteiger partial charge on any atom is -0.378 e. The number of halogens is 1. The van der Waals surface area contributed by atoms with Gasteiger partial charge in [0.1, 0.15) is 5.60 Å². The van der Waals surface area contributed by atoms with Crippen LogP contribution in [0, 0.1) is 6.92 Å². The molecule has 18 heavy (non-hydrogen) atoms. The summed E-state index contributed by atoms with van der Waals surface area (Å²) in [6, 6.07) is 0. The summed E-state index contributed by atoms with van der Waals surface area (Å²) in [4.78, 5) is 0. The first kappa shape index (κ1) is 14.0. The number of rotatable bonds is 5. The number of ether oxygens (including phenoxy) is 2. The van der Waals surface area contributed by atoms with Crippen LogP contribution in [0.5, 0.6) is 0 Å². The van der Waals surface area contributed by atoms with E-state index in [9.17, 15) is 0 Å². The van der Waals surface area contributed by atoms with Crippen LogP contribution in [0.25, 0.3) is 0 Å². The van der Waals surface area contributed by atoms with E-state index in [1.807, 2.05) is 18.7 Å². The SMILES string of the molecule is COC1(CNCc2c(Br)c(C)nn2C)CCOC1. The van der Waals surface area contributed by atoms with Crippen molar-refractivity contribution in [2.24, 2.45) is 7.05 Å². The van der Waals surface area contributed by atoms with Crippen LogP contribution in [0.2, 0.25) is 0 Å². The van der Waals surface area contributed by atoms with E-state index in [1.54, 1.807) is 7.11 Å². The van der Waals surface area contributed by atoms with Crippen LogP contribution < -0.4 is 5.32 Å². The Morgan fingerprint density at radius 3 is 2.89 bits per heavy atom. The Balaban J connectivity index is 1.92. The van der Waals surface area contributed by atoms with Crippen LogP contribution in [0.1, 0.15) is 17.8 Å². The molecular formula is C12H20BrN3O2. The van der Waals surface area contributed by atoms with E-state index >= 15 is 0 Å². The average Bonchev–Trinajstić information content (AvgIpc) is 2.91. The summed E-state index contributed by atoms with van der Waals surface area (Å²) in [7, 11) is 3.71. The summed E-state index contributed by atoms with van der Waals surface area (Å²) in [6.45, 7) is 5.00. The van der Waals surface area contributed by atoms with Crippen molar-refractivity contribution in [2.75, 3.05) is 26.9 Å². The molecule has 5 nitrogen and oxygen atoms in total. The fourth-order valence-electron chi connectivity index (χ4n) is 2.24. The van der Waals surface area contributed by atoms with Crippen molar-refractivity contribution in [3.63, 3.8) is 0 Å². The summed E-state index contributed by atoms with van der Waals surface area (Å²) in [6.07, 6.45) is 0.947. The summed E-state index contributed by atoms with van der Waals surface area (Å²) < 4.78 is 14.0. The molecule has 0 saturated carbocycles. The van der Waals surface area contributed by atoms with Crippen molar-refractivity contribution < 1.29 is 9.47 Å². The predicted octanol–water partition coefficient (Wildman–Crippen LogP) is 1.39. The third kappa shape index (κ3) is 2.77. The minimum absolute atomic E-state index is 0.167. The number of nitrogens with zero attached hydrogens (tertiary/aromatic N) is 2. The van der Waals surface area contributed by atoms with Crippen molar-refractivity contribution in [1.29, 1.82) is 0 Å². The molecule has 1 N–H and O–H groups in total. The van der Waals surface area contributed by atoms with Crippen LogP contribution in [0.3, 0.4) is 0 Å². The lowest BCUT2D eigenvalue weighted by Gasteiger charge is -2.26. The third-order valence-electron chi connectivity index (χ3n) is 3.50. The van der Waals surface area contributed by atoms with Gasteiger partial charge in [0.25, 0.3) is 0 Å². The molecule has 1 atom stereocenters. The lowest BCUT2D eigenvalue weighted by molar-refractivity contribution is -0.0160. The fraction of sp³-hybridized carbons (Fsp3) is 0.750. The maximum atomic E-state index is 5.58. The van der Waals surface area contributed by atoms with E-state index in [2.05, 4.69) is 26.3 Å². The Hall–Kier alpha value is -0.430. The first-order chi connectivity index (χ1) is 8.58. The van der Waals surface area contributed by atoms with Crippen LogP contribution >= 0.6 is 15.9 Å². The van der Waals surface area contributed by atoms with Crippen LogP contribution in [-0.4, -0.2) is 42.2 Å². The molecule has 1 unspecified atom stereocenters. The van der Waals surface area contributed by atoms with Gasteiger partial charge in [-0.1, -0.05) is 0 Å². The first-order valence-corrected chi connectivity index (χ1v) is 6.89. The molecule has 1 aliphatic rings. The second kappa shape index (κ2) is 5.69. The molecule has 2 rings (SSSR count). The summed E-state index contributed by atoms with van der Waals surface area (Å²) in [5.74, 6) is 0. The van der Waals surface area contributed by atoms with E-state index in [0.717, 1.165) is 42.0 Å². The molecule has 102 valence electrons. The van der Waals surface area contributed by atoms with Crippen molar-refractivity contribution in [2.45, 2.75) is 25.5 Å². The number of aromatic nitrogens is 2. The van der Waals surface area contributed by atoms with Gasteiger partial charge >= 0.3 is 0 Å². The highest BCUT2D eigenvalue weighted by Gasteiger charge is 2.34. The normalized spacial score (nSPS) is 23.8. The second-order valence-corrected chi connectivity index (χ2v) is 5.56. The zero-order valence-electron chi connectivity index (χ0n) is 11.1. The van der Waals surface area contributed by atoms with E-state index in [0.29, 0.717) is 6.61 Å². The van der Waals surface area contributed by atoms with Crippen molar-refractivity contribution in [3.8, 4) is 0 Å². The van der Waals surface area contributed by atoms with E-state index in [4.69, 9.17) is 9.47 Å². The quantitative estimate of drug-likeness (QED) is 0.891. The molecule has 0 aliphatic carbocycles. The lowest BCUT2D eigenvalue weighted by Crippen LogP contribution is -2.42. The molecule has 6 heteroatoms. The van der Waals surface area contributed by atoms with E-state index < -0.39 is 0 Å². The lowest BCUT2D eigenvalue weighted by atomic mass is 10.0. The van der Waals surface area contributed by atoms with Gasteiger partial charge in [0, 0.05) is 40.3 Å². The Kier molecular flexibility index (Phi) is 4.42. The van der Waals surface area contributed by atoms with Gasteiger partial charge in [-0.05, 0) is 22.9 Å². The van der Waals surface area contributed by atoms with Crippen LogP contribution in [0.15, 0.2) is 4.47 Å². The molecule has 0 aromatic carbocycles. The summed E-state index contributed by atoms with van der Waals surface area (Å²) in [5, 5.41) is 7.81. The highest BCUT2D eigenvalue weighted by atomic mass is 79.9. The zero-order valence-corrected chi connectivity index (χ0v) is 12.7. The van der Waals surface area contributed by atoms with E-state index in [1.165, 1.54) is 0 Å². The Labute approximate surface area is 116 Å². The maximum Gasteiger partial charge on any atom is 0.106 e. The zero-order chi connectivity index (χ0) is 13.2. The van der Waals surface area contributed by atoms with Gasteiger partial charge in [0.15, 0.2) is 0 Å². The predicted molar refractivity (Wildman–Crippen MR) is 72.5 cm³/mol. The standard InChI is InChI=1S/C12H20BrN3O2/c1-9-11(13)10(16(2)15-9)6-14-7-12(17-3)4-5-18-8-12/h14H,4-8H2,1-3H3. The minimum atomic E-state index is -0.167. The van der Waals surface area contributed by atoms with Gasteiger partial charge in [-0.15, -0.1) is 0 Å². The van der Waals surface area contributed by atoms with Gasteiger partial charge in [-0.25, -0.2) is 0 Å². The molecular weight excluding hydrogens is 298 g/mol. The largest absolute Gasteiger partial charge is 0.378 e. The number of methoxy groups -OCH3 is 1. The van der Waals surface area contributed by atoms with Crippen molar-refractivity contribution >= 4 is 15.9 Å². The summed E-state index contributed by atoms with van der Waals surface area (Å²) >= 11 is 3.57. The highest BCUT2D eigenvalue weighted by Crippen LogP contribution is 2.23. The molecule has 2 heterocycles. The van der Waals surface area contributed by atoms with Crippen molar-refractivity contribution in [3.05, 3.63) is 15.9 Å². The molecule has 0 radical (unpaired) electrons. The molecule has 1 aromatic heterocycles. The molecule has 1 aliphatic heterocycles. The van der Waals surface area contributed by atoms with Gasteiger partial charge in [-0.3, -0.25) is 4.68 Å². The third-order valence-corrected chi connectivity index (χ3v) is 4.53. The molecule has 1 fully saturated rings. The Bertz CT molecular complexity index is 414. The number of hydrogen-bond donors (Lipinski definition) is 1. The molecule has 0 amide bonds. The maximum absolute atomic E-state index is 5.58. The van der Waals surface area contributed by atoms with E-state index in [-0.39, 0.29) is 5.60 Å². The number of hydrogen-bond acceptors (Lipinski definition) is 4. The molecule has 0 spiro atoms. The molecule has 1 saturated heterocycles. The van der Waals surface area contributed by atoms with Gasteiger partial charge in [-0.2, -0.15) is 5.10 Å². The Morgan fingerprint density at radius 2 is 2.39 bits per heavy atom. The fourth-order valence-corrected chi connectivity index (χ4v) is 2.72. The molecule has 0 bridgehead atoms. The number of aryl methyl sites for hydroxylation is 2. The van der Waals surface area contributed by atoms with Crippen LogP contribution in [0.4, 0.5) is 0 Å².